The number of amides is 1. The number of nitro benzene ring substituents is 1. The molecular formula is C12H10N4O3. The Morgan fingerprint density at radius 3 is 2.58 bits per heavy atom. The number of nitrogens with zero attached hydrogens (tertiary/aromatic N) is 2. The summed E-state index contributed by atoms with van der Waals surface area (Å²) in [6.45, 7) is 0. The van der Waals surface area contributed by atoms with E-state index in [1.54, 1.807) is 0 Å². The van der Waals surface area contributed by atoms with Crippen LogP contribution < -0.4 is 11.1 Å². The molecule has 1 aromatic carbocycles. The minimum atomic E-state index is -0.571. The van der Waals surface area contributed by atoms with Crippen LogP contribution in [0, 0.1) is 10.1 Å². The van der Waals surface area contributed by atoms with Gasteiger partial charge in [0.05, 0.1) is 4.92 Å². The van der Waals surface area contributed by atoms with Crippen LogP contribution in [-0.2, 0) is 0 Å². The number of anilines is 2. The van der Waals surface area contributed by atoms with Gasteiger partial charge in [-0.2, -0.15) is 0 Å². The summed E-state index contributed by atoms with van der Waals surface area (Å²) in [5.74, 6) is -0.387. The van der Waals surface area contributed by atoms with E-state index < -0.39 is 4.92 Å². The third kappa shape index (κ3) is 3.03. The highest BCUT2D eigenvalue weighted by molar-refractivity contribution is 6.04. The Labute approximate surface area is 108 Å². The highest BCUT2D eigenvalue weighted by atomic mass is 16.6. The number of nitrogens with one attached hydrogen (secondary N) is 1. The number of hydrogen-bond donors (Lipinski definition) is 2. The van der Waals surface area contributed by atoms with Gasteiger partial charge in [-0.15, -0.1) is 0 Å². The summed E-state index contributed by atoms with van der Waals surface area (Å²) in [6, 6.07) is 7.00. The third-order valence-corrected chi connectivity index (χ3v) is 2.35. The van der Waals surface area contributed by atoms with Crippen LogP contribution in [-0.4, -0.2) is 15.8 Å². The summed E-state index contributed by atoms with van der Waals surface area (Å²) in [5.41, 5.74) is 6.25. The molecule has 0 saturated carbocycles. The lowest BCUT2D eigenvalue weighted by atomic mass is 10.2. The molecule has 0 unspecified atom stereocenters. The fourth-order valence-electron chi connectivity index (χ4n) is 1.52. The maximum Gasteiger partial charge on any atom is 0.273 e. The van der Waals surface area contributed by atoms with Gasteiger partial charge in [0.2, 0.25) is 0 Å². The molecule has 0 saturated heterocycles. The van der Waals surface area contributed by atoms with Crippen LogP contribution in [0.3, 0.4) is 0 Å². The molecule has 1 aromatic heterocycles. The van der Waals surface area contributed by atoms with Crippen LogP contribution in [0.4, 0.5) is 17.1 Å². The standard InChI is InChI=1S/C12H10N4O3/c13-9-5-10(7-11(6-9)16(18)19)15-12(17)8-1-3-14-4-2-8/h1-7H,13H2,(H,15,17). The molecule has 0 atom stereocenters. The molecule has 2 rings (SSSR count). The molecule has 7 nitrogen and oxygen atoms in total. The Bertz CT molecular complexity index is 628. The van der Waals surface area contributed by atoms with Crippen molar-refractivity contribution in [1.82, 2.24) is 4.98 Å². The molecule has 3 N–H and O–H groups in total. The average molecular weight is 258 g/mol. The van der Waals surface area contributed by atoms with E-state index in [9.17, 15) is 14.9 Å². The Hall–Kier alpha value is -2.96. The maximum atomic E-state index is 11.9. The van der Waals surface area contributed by atoms with Crippen molar-refractivity contribution >= 4 is 23.0 Å². The zero-order valence-electron chi connectivity index (χ0n) is 9.74. The predicted octanol–water partition coefficient (Wildman–Crippen LogP) is 1.82. The van der Waals surface area contributed by atoms with Crippen molar-refractivity contribution in [3.63, 3.8) is 0 Å². The minimum Gasteiger partial charge on any atom is -0.398 e. The lowest BCUT2D eigenvalue weighted by Gasteiger charge is -2.06. The van der Waals surface area contributed by atoms with Crippen molar-refractivity contribution in [2.45, 2.75) is 0 Å². The quantitative estimate of drug-likeness (QED) is 0.495. The number of pyridine rings is 1. The number of benzene rings is 1. The average Bonchev–Trinajstić information content (AvgIpc) is 2.39. The number of carbonyl (C=O) groups is 1. The first kappa shape index (κ1) is 12.5. The molecule has 0 fully saturated rings. The monoisotopic (exact) mass is 258 g/mol. The second kappa shape index (κ2) is 5.13. The fraction of sp³-hybridized carbons (Fsp3) is 0. The summed E-state index contributed by atoms with van der Waals surface area (Å²) in [6.07, 6.45) is 2.97. The number of nitrogen functional groups attached to an aromatic ring is 1. The molecule has 1 amide bonds. The summed E-state index contributed by atoms with van der Waals surface area (Å²) >= 11 is 0. The van der Waals surface area contributed by atoms with Crippen molar-refractivity contribution < 1.29 is 9.72 Å². The summed E-state index contributed by atoms with van der Waals surface area (Å²) in [7, 11) is 0. The number of carbonyl (C=O) groups excluding carboxylic acids is 1. The van der Waals surface area contributed by atoms with E-state index in [0.29, 0.717) is 5.56 Å². The normalized spacial score (nSPS) is 9.89. The van der Waals surface area contributed by atoms with E-state index >= 15 is 0 Å². The van der Waals surface area contributed by atoms with Gasteiger partial charge in [-0.3, -0.25) is 19.9 Å². The highest BCUT2D eigenvalue weighted by Crippen LogP contribution is 2.22. The third-order valence-electron chi connectivity index (χ3n) is 2.35. The van der Waals surface area contributed by atoms with Crippen LogP contribution in [0.2, 0.25) is 0 Å². The van der Waals surface area contributed by atoms with Gasteiger partial charge in [-0.25, -0.2) is 0 Å². The molecule has 96 valence electrons. The van der Waals surface area contributed by atoms with E-state index in [1.807, 2.05) is 0 Å². The van der Waals surface area contributed by atoms with Crippen LogP contribution in [0.5, 0.6) is 0 Å². The lowest BCUT2D eigenvalue weighted by Crippen LogP contribution is -2.12. The predicted molar refractivity (Wildman–Crippen MR) is 69.7 cm³/mol. The van der Waals surface area contributed by atoms with Gasteiger partial charge in [0.1, 0.15) is 0 Å². The molecule has 0 aliphatic heterocycles. The number of hydrogen-bond acceptors (Lipinski definition) is 5. The topological polar surface area (TPSA) is 111 Å². The molecule has 7 heteroatoms. The fourth-order valence-corrected chi connectivity index (χ4v) is 1.52. The van der Waals surface area contributed by atoms with E-state index in [1.165, 1.54) is 42.7 Å². The van der Waals surface area contributed by atoms with Crippen molar-refractivity contribution in [3.05, 3.63) is 58.4 Å². The Morgan fingerprint density at radius 1 is 1.26 bits per heavy atom. The zero-order valence-corrected chi connectivity index (χ0v) is 9.74. The number of aromatic nitrogens is 1. The van der Waals surface area contributed by atoms with Gasteiger partial charge < -0.3 is 11.1 Å². The molecule has 2 aromatic rings. The largest absolute Gasteiger partial charge is 0.398 e. The molecule has 1 heterocycles. The van der Waals surface area contributed by atoms with Crippen LogP contribution >= 0.6 is 0 Å². The highest BCUT2D eigenvalue weighted by Gasteiger charge is 2.11. The van der Waals surface area contributed by atoms with Crippen LogP contribution in [0.25, 0.3) is 0 Å². The first-order valence-corrected chi connectivity index (χ1v) is 5.32. The van der Waals surface area contributed by atoms with E-state index in [0.717, 1.165) is 0 Å². The SMILES string of the molecule is Nc1cc(NC(=O)c2ccncc2)cc([N+](=O)[O-])c1. The molecule has 0 radical (unpaired) electrons. The van der Waals surface area contributed by atoms with Crippen molar-refractivity contribution in [2.75, 3.05) is 11.1 Å². The maximum absolute atomic E-state index is 11.9. The summed E-state index contributed by atoms with van der Waals surface area (Å²) in [5, 5.41) is 13.2. The molecule has 19 heavy (non-hydrogen) atoms. The smallest absolute Gasteiger partial charge is 0.273 e. The molecule has 0 aliphatic rings. The number of rotatable bonds is 3. The summed E-state index contributed by atoms with van der Waals surface area (Å²) in [4.78, 5) is 25.8. The minimum absolute atomic E-state index is 0.176. The van der Waals surface area contributed by atoms with Crippen molar-refractivity contribution in [1.29, 1.82) is 0 Å². The second-order valence-corrected chi connectivity index (χ2v) is 3.76. The Morgan fingerprint density at radius 2 is 1.95 bits per heavy atom. The number of nitro groups is 1. The van der Waals surface area contributed by atoms with E-state index in [-0.39, 0.29) is 23.0 Å². The second-order valence-electron chi connectivity index (χ2n) is 3.76. The molecule has 0 spiro atoms. The molecule has 0 bridgehead atoms. The first-order valence-electron chi connectivity index (χ1n) is 5.32. The molecule has 0 aliphatic carbocycles. The van der Waals surface area contributed by atoms with Crippen LogP contribution in [0.15, 0.2) is 42.7 Å². The lowest BCUT2D eigenvalue weighted by molar-refractivity contribution is -0.384. The van der Waals surface area contributed by atoms with Gasteiger partial charge in [0.15, 0.2) is 0 Å². The molecular weight excluding hydrogens is 248 g/mol. The number of nitrogens with two attached hydrogens (primary N) is 1. The van der Waals surface area contributed by atoms with Gasteiger partial charge in [-0.1, -0.05) is 0 Å². The van der Waals surface area contributed by atoms with Gasteiger partial charge in [0.25, 0.3) is 11.6 Å². The van der Waals surface area contributed by atoms with Gasteiger partial charge in [0, 0.05) is 41.5 Å². The first-order chi connectivity index (χ1) is 9.06. The van der Waals surface area contributed by atoms with Crippen LogP contribution in [0.1, 0.15) is 10.4 Å². The Balaban J connectivity index is 2.24. The van der Waals surface area contributed by atoms with Crippen molar-refractivity contribution in [2.24, 2.45) is 0 Å². The zero-order chi connectivity index (χ0) is 13.8. The number of non-ortho nitro benzene ring substituents is 1. The Kier molecular flexibility index (Phi) is 3.37. The van der Waals surface area contributed by atoms with Gasteiger partial charge in [-0.05, 0) is 18.2 Å². The summed E-state index contributed by atoms with van der Waals surface area (Å²) < 4.78 is 0. The van der Waals surface area contributed by atoms with E-state index in [4.69, 9.17) is 5.73 Å². The van der Waals surface area contributed by atoms with Crippen molar-refractivity contribution in [3.8, 4) is 0 Å². The van der Waals surface area contributed by atoms with Gasteiger partial charge >= 0.3 is 0 Å². The van der Waals surface area contributed by atoms with E-state index in [2.05, 4.69) is 10.3 Å².